The summed E-state index contributed by atoms with van der Waals surface area (Å²) in [6.45, 7) is 1.17. The van der Waals surface area contributed by atoms with Crippen LogP contribution in [0.5, 0.6) is 0 Å². The third kappa shape index (κ3) is 3.00. The van der Waals surface area contributed by atoms with Crippen molar-refractivity contribution >= 4 is 23.7 Å². The van der Waals surface area contributed by atoms with Crippen LogP contribution in [0.2, 0.25) is 0 Å². The lowest BCUT2D eigenvalue weighted by atomic mass is 10.6. The van der Waals surface area contributed by atoms with Crippen molar-refractivity contribution in [1.82, 2.24) is 24.5 Å². The number of carbonyl (C=O) groups is 1. The summed E-state index contributed by atoms with van der Waals surface area (Å²) in [4.78, 5) is 10.5. The van der Waals surface area contributed by atoms with Crippen LogP contribution in [0.25, 0.3) is 0 Å². The van der Waals surface area contributed by atoms with Crippen molar-refractivity contribution in [3.05, 3.63) is 18.5 Å². The molecular formula is C9H12N6O2S. The standard InChI is InChI=1S/C9H12N6O2S/c10-8-12-13-9(18-6-7(16)17)15(8)5-4-14-3-1-2-11-14/h1-3H,4-6H2,(H2,10,12)(H,16,17). The molecule has 0 saturated carbocycles. The van der Waals surface area contributed by atoms with E-state index in [0.717, 1.165) is 11.8 Å². The number of nitrogens with two attached hydrogens (primary N) is 1. The van der Waals surface area contributed by atoms with E-state index in [4.69, 9.17) is 10.8 Å². The summed E-state index contributed by atoms with van der Waals surface area (Å²) >= 11 is 1.09. The van der Waals surface area contributed by atoms with Crippen LogP contribution in [0.4, 0.5) is 5.95 Å². The number of nitrogen functional groups attached to an aromatic ring is 1. The zero-order valence-electron chi connectivity index (χ0n) is 9.43. The van der Waals surface area contributed by atoms with Gasteiger partial charge < -0.3 is 10.8 Å². The maximum atomic E-state index is 10.5. The fourth-order valence-corrected chi connectivity index (χ4v) is 2.07. The number of anilines is 1. The molecule has 0 aromatic carbocycles. The highest BCUT2D eigenvalue weighted by Crippen LogP contribution is 2.17. The number of aromatic nitrogens is 5. The van der Waals surface area contributed by atoms with E-state index in [2.05, 4.69) is 15.3 Å². The number of carboxylic acid groups (broad SMARTS) is 1. The molecule has 2 heterocycles. The van der Waals surface area contributed by atoms with Gasteiger partial charge in [0.1, 0.15) is 0 Å². The molecule has 0 fully saturated rings. The Hall–Kier alpha value is -2.03. The summed E-state index contributed by atoms with van der Waals surface area (Å²) in [6.07, 6.45) is 3.53. The topological polar surface area (TPSA) is 112 Å². The first kappa shape index (κ1) is 12.4. The zero-order valence-corrected chi connectivity index (χ0v) is 10.2. The van der Waals surface area contributed by atoms with Crippen molar-refractivity contribution in [2.24, 2.45) is 0 Å². The number of aryl methyl sites for hydroxylation is 1. The highest BCUT2D eigenvalue weighted by Gasteiger charge is 2.11. The number of rotatable bonds is 6. The van der Waals surface area contributed by atoms with Gasteiger partial charge in [0.2, 0.25) is 5.95 Å². The van der Waals surface area contributed by atoms with Crippen molar-refractivity contribution in [2.45, 2.75) is 18.2 Å². The smallest absolute Gasteiger partial charge is 0.313 e. The van der Waals surface area contributed by atoms with E-state index in [0.29, 0.717) is 18.2 Å². The average molecular weight is 268 g/mol. The Labute approximate surface area is 107 Å². The molecule has 96 valence electrons. The minimum absolute atomic E-state index is 0.0695. The van der Waals surface area contributed by atoms with Gasteiger partial charge in [0.25, 0.3) is 0 Å². The quantitative estimate of drug-likeness (QED) is 0.705. The molecule has 9 heteroatoms. The first-order valence-corrected chi connectivity index (χ1v) is 6.16. The van der Waals surface area contributed by atoms with Crippen LogP contribution >= 0.6 is 11.8 Å². The van der Waals surface area contributed by atoms with Crippen LogP contribution in [-0.2, 0) is 17.9 Å². The van der Waals surface area contributed by atoms with Gasteiger partial charge in [-0.1, -0.05) is 11.8 Å². The fraction of sp³-hybridized carbons (Fsp3) is 0.333. The Bertz CT molecular complexity index is 523. The third-order valence-corrected chi connectivity index (χ3v) is 3.13. The molecule has 0 saturated heterocycles. The second kappa shape index (κ2) is 5.54. The van der Waals surface area contributed by atoms with E-state index >= 15 is 0 Å². The van der Waals surface area contributed by atoms with Gasteiger partial charge in [-0.3, -0.25) is 14.0 Å². The predicted octanol–water partition coefficient (Wildman–Crippen LogP) is -0.0663. The van der Waals surface area contributed by atoms with Crippen LogP contribution in [0.3, 0.4) is 0 Å². The van der Waals surface area contributed by atoms with Crippen molar-refractivity contribution in [2.75, 3.05) is 11.5 Å². The Morgan fingerprint density at radius 3 is 2.94 bits per heavy atom. The molecule has 2 rings (SSSR count). The molecule has 0 atom stereocenters. The van der Waals surface area contributed by atoms with E-state index in [-0.39, 0.29) is 11.7 Å². The lowest BCUT2D eigenvalue weighted by Crippen LogP contribution is -2.11. The highest BCUT2D eigenvalue weighted by atomic mass is 32.2. The molecule has 0 aliphatic carbocycles. The van der Waals surface area contributed by atoms with Crippen LogP contribution in [0, 0.1) is 0 Å². The molecule has 8 nitrogen and oxygen atoms in total. The Morgan fingerprint density at radius 1 is 1.44 bits per heavy atom. The summed E-state index contributed by atoms with van der Waals surface area (Å²) < 4.78 is 3.43. The van der Waals surface area contributed by atoms with Gasteiger partial charge in [0.05, 0.1) is 12.3 Å². The first-order chi connectivity index (χ1) is 8.66. The minimum atomic E-state index is -0.903. The Kier molecular flexibility index (Phi) is 3.82. The lowest BCUT2D eigenvalue weighted by Gasteiger charge is -2.07. The van der Waals surface area contributed by atoms with Crippen molar-refractivity contribution in [3.63, 3.8) is 0 Å². The Morgan fingerprint density at radius 2 is 2.28 bits per heavy atom. The van der Waals surface area contributed by atoms with E-state index in [9.17, 15) is 4.79 Å². The molecule has 0 unspecified atom stereocenters. The lowest BCUT2D eigenvalue weighted by molar-refractivity contribution is -0.133. The van der Waals surface area contributed by atoms with Gasteiger partial charge >= 0.3 is 5.97 Å². The highest BCUT2D eigenvalue weighted by molar-refractivity contribution is 7.99. The fourth-order valence-electron chi connectivity index (χ4n) is 1.38. The van der Waals surface area contributed by atoms with Gasteiger partial charge in [-0.2, -0.15) is 5.10 Å². The number of aliphatic carboxylic acids is 1. The molecule has 18 heavy (non-hydrogen) atoms. The number of hydrogen-bond acceptors (Lipinski definition) is 6. The summed E-state index contributed by atoms with van der Waals surface area (Å²) in [5.74, 6) is -0.699. The van der Waals surface area contributed by atoms with Crippen molar-refractivity contribution in [3.8, 4) is 0 Å². The van der Waals surface area contributed by atoms with Gasteiger partial charge in [-0.25, -0.2) is 0 Å². The molecule has 2 aromatic rings. The molecular weight excluding hydrogens is 256 g/mol. The largest absolute Gasteiger partial charge is 0.481 e. The van der Waals surface area contributed by atoms with E-state index in [1.165, 1.54) is 0 Å². The average Bonchev–Trinajstić information content (AvgIpc) is 2.94. The third-order valence-electron chi connectivity index (χ3n) is 2.18. The number of nitrogens with zero attached hydrogens (tertiary/aromatic N) is 5. The van der Waals surface area contributed by atoms with Crippen LogP contribution < -0.4 is 5.73 Å². The SMILES string of the molecule is Nc1nnc(SCC(=O)O)n1CCn1cccn1. The van der Waals surface area contributed by atoms with Crippen LogP contribution in [0.1, 0.15) is 0 Å². The summed E-state index contributed by atoms with van der Waals surface area (Å²) in [7, 11) is 0. The van der Waals surface area contributed by atoms with Crippen molar-refractivity contribution in [1.29, 1.82) is 0 Å². The van der Waals surface area contributed by atoms with E-state index in [1.807, 2.05) is 12.3 Å². The van der Waals surface area contributed by atoms with E-state index in [1.54, 1.807) is 15.4 Å². The molecule has 2 aromatic heterocycles. The maximum Gasteiger partial charge on any atom is 0.313 e. The van der Waals surface area contributed by atoms with Gasteiger partial charge in [0.15, 0.2) is 5.16 Å². The number of hydrogen-bond donors (Lipinski definition) is 2. The van der Waals surface area contributed by atoms with Crippen molar-refractivity contribution < 1.29 is 9.90 Å². The summed E-state index contributed by atoms with van der Waals surface area (Å²) in [5, 5.41) is 20.8. The first-order valence-electron chi connectivity index (χ1n) is 5.17. The molecule has 0 aliphatic heterocycles. The van der Waals surface area contributed by atoms with Gasteiger partial charge in [-0.05, 0) is 6.07 Å². The molecule has 0 amide bonds. The predicted molar refractivity (Wildman–Crippen MR) is 65.0 cm³/mol. The van der Waals surface area contributed by atoms with Gasteiger partial charge in [0, 0.05) is 18.9 Å². The maximum absolute atomic E-state index is 10.5. The Balaban J connectivity index is 2.02. The molecule has 0 aliphatic rings. The van der Waals surface area contributed by atoms with Crippen LogP contribution in [-0.4, -0.2) is 41.4 Å². The second-order valence-electron chi connectivity index (χ2n) is 3.44. The van der Waals surface area contributed by atoms with Crippen LogP contribution in [0.15, 0.2) is 23.6 Å². The zero-order chi connectivity index (χ0) is 13.0. The summed E-state index contributed by atoms with van der Waals surface area (Å²) in [5.41, 5.74) is 5.69. The summed E-state index contributed by atoms with van der Waals surface area (Å²) in [6, 6.07) is 1.83. The van der Waals surface area contributed by atoms with Gasteiger partial charge in [-0.15, -0.1) is 10.2 Å². The monoisotopic (exact) mass is 268 g/mol. The normalized spacial score (nSPS) is 10.7. The molecule has 3 N–H and O–H groups in total. The number of thioether (sulfide) groups is 1. The molecule has 0 radical (unpaired) electrons. The second-order valence-corrected chi connectivity index (χ2v) is 4.39. The minimum Gasteiger partial charge on any atom is -0.481 e. The van der Waals surface area contributed by atoms with E-state index < -0.39 is 5.97 Å². The molecule has 0 spiro atoms. The molecule has 0 bridgehead atoms. The number of carboxylic acids is 1.